The maximum absolute atomic E-state index is 12.7. The van der Waals surface area contributed by atoms with Crippen LogP contribution in [0.25, 0.3) is 5.52 Å². The van der Waals surface area contributed by atoms with E-state index in [0.29, 0.717) is 29.1 Å². The Kier molecular flexibility index (Phi) is 3.55. The Morgan fingerprint density at radius 2 is 2.29 bits per heavy atom. The van der Waals surface area contributed by atoms with E-state index in [1.807, 2.05) is 0 Å². The number of halogens is 1. The lowest BCUT2D eigenvalue weighted by atomic mass is 10.1. The molecule has 3 rings (SSSR count). The van der Waals surface area contributed by atoms with Gasteiger partial charge in [0.05, 0.1) is 28.7 Å². The van der Waals surface area contributed by atoms with Crippen molar-refractivity contribution in [3.8, 4) is 0 Å². The van der Waals surface area contributed by atoms with Gasteiger partial charge in [0.15, 0.2) is 0 Å². The van der Waals surface area contributed by atoms with E-state index in [1.54, 1.807) is 27.7 Å². The van der Waals surface area contributed by atoms with Gasteiger partial charge in [0, 0.05) is 18.8 Å². The Morgan fingerprint density at radius 1 is 1.48 bits per heavy atom. The molecule has 0 spiro atoms. The molecule has 1 saturated heterocycles. The van der Waals surface area contributed by atoms with Gasteiger partial charge in [-0.3, -0.25) is 9.59 Å². The normalized spacial score (nSPS) is 18.3. The number of hydrogen-bond acceptors (Lipinski definition) is 3. The van der Waals surface area contributed by atoms with Crippen molar-refractivity contribution in [2.45, 2.75) is 25.3 Å². The van der Waals surface area contributed by atoms with Crippen LogP contribution in [0.3, 0.4) is 0 Å². The summed E-state index contributed by atoms with van der Waals surface area (Å²) in [5.74, 6) is -1.10. The number of rotatable bonds is 3. The summed E-state index contributed by atoms with van der Waals surface area (Å²) >= 11 is 6.15. The number of nitrogens with zero attached hydrogens (tertiary/aromatic N) is 3. The zero-order valence-electron chi connectivity index (χ0n) is 11.2. The van der Waals surface area contributed by atoms with Crippen LogP contribution in [0.15, 0.2) is 24.5 Å². The highest BCUT2D eigenvalue weighted by Crippen LogP contribution is 2.26. The van der Waals surface area contributed by atoms with Gasteiger partial charge < -0.3 is 10.0 Å². The number of carboxylic acids is 1. The molecule has 110 valence electrons. The predicted octanol–water partition coefficient (Wildman–Crippen LogP) is 2.07. The van der Waals surface area contributed by atoms with E-state index in [2.05, 4.69) is 5.10 Å². The first kappa shape index (κ1) is 13.9. The van der Waals surface area contributed by atoms with Gasteiger partial charge in [-0.1, -0.05) is 11.6 Å². The molecule has 1 atom stereocenters. The van der Waals surface area contributed by atoms with Crippen LogP contribution in [-0.2, 0) is 4.79 Å². The summed E-state index contributed by atoms with van der Waals surface area (Å²) in [5.41, 5.74) is 0.975. The summed E-state index contributed by atoms with van der Waals surface area (Å²) in [6.45, 7) is 0.568. The first-order valence-corrected chi connectivity index (χ1v) is 7.10. The van der Waals surface area contributed by atoms with Crippen LogP contribution in [0.5, 0.6) is 0 Å². The largest absolute Gasteiger partial charge is 0.481 e. The van der Waals surface area contributed by atoms with E-state index < -0.39 is 5.97 Å². The van der Waals surface area contributed by atoms with Gasteiger partial charge >= 0.3 is 5.97 Å². The number of carboxylic acid groups (broad SMARTS) is 1. The van der Waals surface area contributed by atoms with Gasteiger partial charge in [-0.25, -0.2) is 4.52 Å². The molecule has 21 heavy (non-hydrogen) atoms. The highest BCUT2D eigenvalue weighted by atomic mass is 35.5. The van der Waals surface area contributed by atoms with Crippen molar-refractivity contribution in [3.05, 3.63) is 35.1 Å². The Morgan fingerprint density at radius 3 is 3.05 bits per heavy atom. The number of carbonyl (C=O) groups excluding carboxylic acids is 1. The van der Waals surface area contributed by atoms with E-state index >= 15 is 0 Å². The van der Waals surface area contributed by atoms with E-state index in [4.69, 9.17) is 16.7 Å². The fourth-order valence-corrected chi connectivity index (χ4v) is 3.09. The van der Waals surface area contributed by atoms with Crippen molar-refractivity contribution >= 4 is 29.0 Å². The van der Waals surface area contributed by atoms with Crippen molar-refractivity contribution in [3.63, 3.8) is 0 Å². The maximum atomic E-state index is 12.7. The molecule has 1 unspecified atom stereocenters. The van der Waals surface area contributed by atoms with Crippen LogP contribution in [0.2, 0.25) is 5.02 Å². The fraction of sp³-hybridized carbons (Fsp3) is 0.357. The van der Waals surface area contributed by atoms with E-state index in [9.17, 15) is 9.59 Å². The topological polar surface area (TPSA) is 74.9 Å². The highest BCUT2D eigenvalue weighted by molar-refractivity contribution is 6.34. The lowest BCUT2D eigenvalue weighted by Crippen LogP contribution is -2.36. The molecule has 6 nitrogen and oxygen atoms in total. The third kappa shape index (κ3) is 2.47. The molecule has 1 aliphatic rings. The molecular formula is C14H14ClN3O3. The molecule has 1 aliphatic heterocycles. The van der Waals surface area contributed by atoms with Crippen LogP contribution in [-0.4, -0.2) is 44.1 Å². The van der Waals surface area contributed by atoms with Gasteiger partial charge in [0.2, 0.25) is 0 Å². The van der Waals surface area contributed by atoms with Crippen molar-refractivity contribution < 1.29 is 14.7 Å². The lowest BCUT2D eigenvalue weighted by Gasteiger charge is -2.23. The molecule has 0 bridgehead atoms. The second-order valence-electron chi connectivity index (χ2n) is 5.10. The Bertz CT molecular complexity index is 713. The van der Waals surface area contributed by atoms with Crippen LogP contribution in [0.4, 0.5) is 0 Å². The quantitative estimate of drug-likeness (QED) is 0.942. The summed E-state index contributed by atoms with van der Waals surface area (Å²) in [6.07, 6.45) is 4.71. The Labute approximate surface area is 125 Å². The minimum Gasteiger partial charge on any atom is -0.481 e. The molecule has 3 heterocycles. The molecule has 1 N–H and O–H groups in total. The number of hydrogen-bond donors (Lipinski definition) is 1. The number of likely N-dealkylation sites (tertiary alicyclic amines) is 1. The lowest BCUT2D eigenvalue weighted by molar-refractivity contribution is -0.137. The number of aromatic nitrogens is 2. The van der Waals surface area contributed by atoms with Crippen LogP contribution in [0, 0.1) is 0 Å². The average molecular weight is 308 g/mol. The second-order valence-corrected chi connectivity index (χ2v) is 5.51. The Hall–Kier alpha value is -2.08. The fourth-order valence-electron chi connectivity index (χ4n) is 2.83. The van der Waals surface area contributed by atoms with Gasteiger partial charge in [-0.2, -0.15) is 5.10 Å². The second kappa shape index (κ2) is 5.37. The molecule has 2 aromatic heterocycles. The molecule has 0 radical (unpaired) electrons. The predicted molar refractivity (Wildman–Crippen MR) is 76.5 cm³/mol. The standard InChI is InChI=1S/C14H14ClN3O3/c15-11-4-2-6-18-13(11)10(8-16-18)14(21)17-5-1-3-9(17)7-12(19)20/h2,4,6,8-9H,1,3,5,7H2,(H,19,20). The average Bonchev–Trinajstić information content (AvgIpc) is 3.04. The molecule has 7 heteroatoms. The molecule has 1 fully saturated rings. The molecule has 1 amide bonds. The zero-order chi connectivity index (χ0) is 15.0. The first-order valence-electron chi connectivity index (χ1n) is 6.72. The van der Waals surface area contributed by atoms with Gasteiger partial charge in [-0.15, -0.1) is 0 Å². The number of carbonyl (C=O) groups is 2. The molecular weight excluding hydrogens is 294 g/mol. The molecule has 0 aromatic carbocycles. The third-order valence-corrected chi connectivity index (χ3v) is 4.08. The summed E-state index contributed by atoms with van der Waals surface area (Å²) in [7, 11) is 0. The zero-order valence-corrected chi connectivity index (χ0v) is 12.0. The van der Waals surface area contributed by atoms with Crippen molar-refractivity contribution in [1.29, 1.82) is 0 Å². The summed E-state index contributed by atoms with van der Waals surface area (Å²) in [5, 5.41) is 13.5. The number of fused-ring (bicyclic) bond motifs is 1. The van der Waals surface area contributed by atoms with Crippen molar-refractivity contribution in [2.75, 3.05) is 6.54 Å². The summed E-state index contributed by atoms with van der Waals surface area (Å²) < 4.78 is 1.55. The van der Waals surface area contributed by atoms with Gasteiger partial charge in [0.25, 0.3) is 5.91 Å². The van der Waals surface area contributed by atoms with Gasteiger partial charge in [0.1, 0.15) is 0 Å². The van der Waals surface area contributed by atoms with Crippen molar-refractivity contribution in [1.82, 2.24) is 14.5 Å². The maximum Gasteiger partial charge on any atom is 0.305 e. The molecule has 0 aliphatic carbocycles. The van der Waals surface area contributed by atoms with E-state index in [1.165, 1.54) is 6.20 Å². The smallest absolute Gasteiger partial charge is 0.305 e. The number of amides is 1. The molecule has 2 aromatic rings. The summed E-state index contributed by atoms with van der Waals surface area (Å²) in [6, 6.07) is 3.20. The van der Waals surface area contributed by atoms with Crippen LogP contribution < -0.4 is 0 Å². The van der Waals surface area contributed by atoms with E-state index in [-0.39, 0.29) is 18.4 Å². The number of pyridine rings is 1. The highest BCUT2D eigenvalue weighted by Gasteiger charge is 2.32. The molecule has 0 saturated carbocycles. The van der Waals surface area contributed by atoms with E-state index in [0.717, 1.165) is 6.42 Å². The Balaban J connectivity index is 1.95. The number of aliphatic carboxylic acids is 1. The SMILES string of the molecule is O=C(O)CC1CCCN1C(=O)c1cnn2cccc(Cl)c12. The third-order valence-electron chi connectivity index (χ3n) is 3.77. The summed E-state index contributed by atoms with van der Waals surface area (Å²) in [4.78, 5) is 25.2. The van der Waals surface area contributed by atoms with Crippen LogP contribution in [0.1, 0.15) is 29.6 Å². The minimum absolute atomic E-state index is 0.0291. The monoisotopic (exact) mass is 307 g/mol. The van der Waals surface area contributed by atoms with Crippen LogP contribution >= 0.6 is 11.6 Å². The minimum atomic E-state index is -0.891. The van der Waals surface area contributed by atoms with Crippen molar-refractivity contribution in [2.24, 2.45) is 0 Å². The first-order chi connectivity index (χ1) is 10.1. The van der Waals surface area contributed by atoms with Gasteiger partial charge in [-0.05, 0) is 25.0 Å².